The quantitative estimate of drug-likeness (QED) is 0.233. The predicted octanol–water partition coefficient (Wildman–Crippen LogP) is 6.15. The summed E-state index contributed by atoms with van der Waals surface area (Å²) in [6.45, 7) is 0.191. The molecule has 0 N–H and O–H groups in total. The molecule has 0 spiro atoms. The van der Waals surface area contributed by atoms with Gasteiger partial charge >= 0.3 is 0 Å². The van der Waals surface area contributed by atoms with E-state index in [9.17, 15) is 9.18 Å². The number of hydrogen-bond acceptors (Lipinski definition) is 4. The highest BCUT2D eigenvalue weighted by atomic mass is 35.5. The molecule has 1 heterocycles. The number of nitrogens with zero attached hydrogens (tertiary/aromatic N) is 2. The number of imidazole rings is 1. The second kappa shape index (κ2) is 10.1. The molecule has 0 unspecified atom stereocenters. The highest BCUT2D eigenvalue weighted by Gasteiger charge is 2.08. The van der Waals surface area contributed by atoms with Gasteiger partial charge in [0.1, 0.15) is 23.9 Å². The molecular weight excluding hydrogens is 443 g/mol. The van der Waals surface area contributed by atoms with Crippen LogP contribution >= 0.6 is 11.6 Å². The molecule has 0 saturated heterocycles. The Bertz CT molecular complexity index is 1290. The minimum Gasteiger partial charge on any atom is -0.496 e. The molecule has 7 heteroatoms. The molecule has 33 heavy (non-hydrogen) atoms. The molecule has 1 aromatic heterocycles. The number of benzene rings is 3. The lowest BCUT2D eigenvalue weighted by Crippen LogP contribution is -2.00. The van der Waals surface area contributed by atoms with Gasteiger partial charge in [-0.15, -0.1) is 0 Å². The Kier molecular flexibility index (Phi) is 6.86. The van der Waals surface area contributed by atoms with Crippen LogP contribution in [0.2, 0.25) is 5.02 Å². The lowest BCUT2D eigenvalue weighted by Gasteiger charge is -2.11. The van der Waals surface area contributed by atoms with Crippen LogP contribution in [0.25, 0.3) is 11.8 Å². The van der Waals surface area contributed by atoms with Crippen LogP contribution in [0.4, 0.5) is 4.39 Å². The zero-order valence-corrected chi connectivity index (χ0v) is 18.5. The fourth-order valence-electron chi connectivity index (χ4n) is 3.22. The number of rotatable bonds is 8. The monoisotopic (exact) mass is 462 g/mol. The van der Waals surface area contributed by atoms with Crippen LogP contribution in [0, 0.1) is 5.82 Å². The Labute approximate surface area is 195 Å². The number of ketones is 1. The van der Waals surface area contributed by atoms with Crippen molar-refractivity contribution >= 4 is 23.5 Å². The highest BCUT2D eigenvalue weighted by molar-refractivity contribution is 6.30. The Morgan fingerprint density at radius 2 is 1.94 bits per heavy atom. The fraction of sp³-hybridized carbons (Fsp3) is 0.0769. The maximum absolute atomic E-state index is 13.3. The van der Waals surface area contributed by atoms with Gasteiger partial charge in [-0.25, -0.2) is 9.37 Å². The van der Waals surface area contributed by atoms with Crippen molar-refractivity contribution in [3.8, 4) is 17.2 Å². The van der Waals surface area contributed by atoms with Gasteiger partial charge in [0.2, 0.25) is 0 Å². The van der Waals surface area contributed by atoms with E-state index in [1.165, 1.54) is 24.3 Å². The van der Waals surface area contributed by atoms with Gasteiger partial charge in [-0.1, -0.05) is 23.7 Å². The van der Waals surface area contributed by atoms with Gasteiger partial charge in [0.15, 0.2) is 5.78 Å². The number of ether oxygens (including phenoxy) is 2. The summed E-state index contributed by atoms with van der Waals surface area (Å²) in [6, 6.07) is 17.0. The molecule has 0 atom stereocenters. The molecule has 4 aromatic rings. The van der Waals surface area contributed by atoms with Gasteiger partial charge in [0.25, 0.3) is 0 Å². The van der Waals surface area contributed by atoms with Crippen LogP contribution in [0.1, 0.15) is 21.5 Å². The van der Waals surface area contributed by atoms with Crippen LogP contribution < -0.4 is 9.47 Å². The Morgan fingerprint density at radius 3 is 2.64 bits per heavy atom. The summed E-state index contributed by atoms with van der Waals surface area (Å²) in [4.78, 5) is 16.6. The smallest absolute Gasteiger partial charge is 0.185 e. The van der Waals surface area contributed by atoms with E-state index in [1.807, 2.05) is 35.0 Å². The highest BCUT2D eigenvalue weighted by Crippen LogP contribution is 2.25. The van der Waals surface area contributed by atoms with Crippen molar-refractivity contribution in [2.24, 2.45) is 0 Å². The summed E-state index contributed by atoms with van der Waals surface area (Å²) in [5.41, 5.74) is 3.10. The molecule has 0 aliphatic rings. The summed E-state index contributed by atoms with van der Waals surface area (Å²) >= 11 is 5.81. The molecule has 0 fully saturated rings. The van der Waals surface area contributed by atoms with E-state index >= 15 is 0 Å². The molecule has 3 aromatic carbocycles. The van der Waals surface area contributed by atoms with Crippen molar-refractivity contribution < 1.29 is 18.7 Å². The predicted molar refractivity (Wildman–Crippen MR) is 126 cm³/mol. The fourth-order valence-corrected chi connectivity index (χ4v) is 3.39. The van der Waals surface area contributed by atoms with E-state index in [0.29, 0.717) is 17.1 Å². The molecule has 0 saturated carbocycles. The summed E-state index contributed by atoms with van der Waals surface area (Å²) in [6.07, 6.45) is 8.51. The lowest BCUT2D eigenvalue weighted by molar-refractivity contribution is 0.104. The molecule has 0 amide bonds. The van der Waals surface area contributed by atoms with Crippen molar-refractivity contribution in [3.05, 3.63) is 113 Å². The molecule has 4 rings (SSSR count). The Hall–Kier alpha value is -3.90. The second-order valence-electron chi connectivity index (χ2n) is 7.15. The van der Waals surface area contributed by atoms with Gasteiger partial charge in [0.05, 0.1) is 18.5 Å². The maximum Gasteiger partial charge on any atom is 0.185 e. The maximum atomic E-state index is 13.3. The van der Waals surface area contributed by atoms with Crippen LogP contribution in [-0.2, 0) is 6.61 Å². The molecule has 0 aliphatic heterocycles. The van der Waals surface area contributed by atoms with E-state index in [1.54, 1.807) is 43.9 Å². The third-order valence-corrected chi connectivity index (χ3v) is 5.26. The van der Waals surface area contributed by atoms with E-state index in [0.717, 1.165) is 16.8 Å². The van der Waals surface area contributed by atoms with Gasteiger partial charge < -0.3 is 14.0 Å². The number of halogens is 2. The number of methoxy groups -OCH3 is 1. The standard InChI is InChI=1S/C26H20ClFN2O3/c1-32-26-11-3-18(14-20(26)16-33-22-8-9-24(28)23(27)15-22)2-10-25(31)19-4-6-21(7-5-19)30-13-12-29-17-30/h2-15,17H,16H2,1H3/b10-2+. The van der Waals surface area contributed by atoms with Gasteiger partial charge in [-0.2, -0.15) is 0 Å². The zero-order valence-electron chi connectivity index (χ0n) is 17.7. The summed E-state index contributed by atoms with van der Waals surface area (Å²) in [7, 11) is 1.57. The number of hydrogen-bond donors (Lipinski definition) is 0. The SMILES string of the molecule is COc1ccc(/C=C/C(=O)c2ccc(-n3ccnc3)cc2)cc1COc1ccc(F)c(Cl)c1. The number of aromatic nitrogens is 2. The average molecular weight is 463 g/mol. The van der Waals surface area contributed by atoms with E-state index < -0.39 is 5.82 Å². The minimum absolute atomic E-state index is 0.00674. The average Bonchev–Trinajstić information content (AvgIpc) is 3.38. The molecule has 0 bridgehead atoms. The van der Waals surface area contributed by atoms with Crippen LogP contribution in [0.3, 0.4) is 0 Å². The largest absolute Gasteiger partial charge is 0.496 e. The van der Waals surface area contributed by atoms with Gasteiger partial charge in [-0.3, -0.25) is 4.79 Å². The van der Waals surface area contributed by atoms with Crippen LogP contribution in [0.15, 0.2) is 85.5 Å². The summed E-state index contributed by atoms with van der Waals surface area (Å²) < 4.78 is 26.3. The first-order chi connectivity index (χ1) is 16.0. The van der Waals surface area contributed by atoms with Crippen LogP contribution in [0.5, 0.6) is 11.5 Å². The number of allylic oxidation sites excluding steroid dienone is 1. The van der Waals surface area contributed by atoms with E-state index in [2.05, 4.69) is 4.98 Å². The molecule has 0 radical (unpaired) electrons. The third-order valence-electron chi connectivity index (χ3n) is 4.97. The topological polar surface area (TPSA) is 53.4 Å². The zero-order chi connectivity index (χ0) is 23.2. The first-order valence-electron chi connectivity index (χ1n) is 10.1. The van der Waals surface area contributed by atoms with E-state index in [4.69, 9.17) is 21.1 Å². The molecule has 0 aliphatic carbocycles. The first-order valence-corrected chi connectivity index (χ1v) is 10.5. The summed E-state index contributed by atoms with van der Waals surface area (Å²) in [5.74, 6) is 0.469. The van der Waals surface area contributed by atoms with Crippen molar-refractivity contribution in [1.82, 2.24) is 9.55 Å². The Balaban J connectivity index is 1.46. The van der Waals surface area contributed by atoms with Crippen LogP contribution in [-0.4, -0.2) is 22.4 Å². The van der Waals surface area contributed by atoms with Crippen molar-refractivity contribution in [2.45, 2.75) is 6.61 Å². The van der Waals surface area contributed by atoms with Crippen molar-refractivity contribution in [3.63, 3.8) is 0 Å². The van der Waals surface area contributed by atoms with Crippen molar-refractivity contribution in [2.75, 3.05) is 7.11 Å². The Morgan fingerprint density at radius 1 is 1.12 bits per heavy atom. The molecule has 5 nitrogen and oxygen atoms in total. The van der Waals surface area contributed by atoms with Crippen molar-refractivity contribution in [1.29, 1.82) is 0 Å². The van der Waals surface area contributed by atoms with Gasteiger partial charge in [0, 0.05) is 35.3 Å². The number of carbonyl (C=O) groups is 1. The third kappa shape index (κ3) is 5.48. The summed E-state index contributed by atoms with van der Waals surface area (Å²) in [5, 5.41) is -0.00674. The van der Waals surface area contributed by atoms with Gasteiger partial charge in [-0.05, 0) is 60.2 Å². The normalized spacial score (nSPS) is 11.0. The molecular formula is C26H20ClFN2O3. The lowest BCUT2D eigenvalue weighted by atomic mass is 10.1. The molecule has 166 valence electrons. The first kappa shape index (κ1) is 22.3. The minimum atomic E-state index is -0.505. The second-order valence-corrected chi connectivity index (χ2v) is 7.56. The van der Waals surface area contributed by atoms with E-state index in [-0.39, 0.29) is 17.4 Å². The number of carbonyl (C=O) groups excluding carboxylic acids is 1.